The van der Waals surface area contributed by atoms with Crippen molar-refractivity contribution in [3.05, 3.63) is 50.9 Å². The molecule has 5 heteroatoms. The Morgan fingerprint density at radius 2 is 1.93 bits per heavy atom. The molecule has 1 aromatic carbocycles. The van der Waals surface area contributed by atoms with E-state index >= 15 is 0 Å². The summed E-state index contributed by atoms with van der Waals surface area (Å²) >= 11 is 1.58. The van der Waals surface area contributed by atoms with Crippen molar-refractivity contribution >= 4 is 21.6 Å². The summed E-state index contributed by atoms with van der Waals surface area (Å²) in [4.78, 5) is 22.4. The number of fused-ring (bicyclic) bond motifs is 1. The molecule has 1 aliphatic carbocycles. The lowest BCUT2D eigenvalue weighted by Gasteiger charge is -2.28. The van der Waals surface area contributed by atoms with Crippen LogP contribution in [0.3, 0.4) is 0 Å². The minimum absolute atomic E-state index is 0.0739. The third-order valence-electron chi connectivity index (χ3n) is 5.59. The molecule has 1 aliphatic rings. The van der Waals surface area contributed by atoms with Crippen molar-refractivity contribution in [2.45, 2.75) is 59.2 Å². The van der Waals surface area contributed by atoms with Crippen LogP contribution in [0.15, 0.2) is 29.1 Å². The van der Waals surface area contributed by atoms with E-state index in [1.807, 2.05) is 0 Å². The van der Waals surface area contributed by atoms with Crippen molar-refractivity contribution in [2.75, 3.05) is 0 Å². The van der Waals surface area contributed by atoms with E-state index in [2.05, 4.69) is 50.0 Å². The molecule has 27 heavy (non-hydrogen) atoms. The van der Waals surface area contributed by atoms with Crippen molar-refractivity contribution in [1.82, 2.24) is 9.97 Å². The van der Waals surface area contributed by atoms with Crippen LogP contribution in [-0.4, -0.2) is 16.1 Å². The minimum atomic E-state index is -0.0739. The molecule has 2 atom stereocenters. The van der Waals surface area contributed by atoms with Crippen molar-refractivity contribution in [3.63, 3.8) is 0 Å². The van der Waals surface area contributed by atoms with Gasteiger partial charge in [0.15, 0.2) is 0 Å². The third-order valence-corrected chi connectivity index (χ3v) is 6.59. The largest absolute Gasteiger partial charge is 0.370 e. The van der Waals surface area contributed by atoms with Gasteiger partial charge in [-0.25, -0.2) is 4.98 Å². The molecule has 2 unspecified atom stereocenters. The Hall–Kier alpha value is -1.98. The Kier molecular flexibility index (Phi) is 5.15. The number of aromatic amines is 1. The first kappa shape index (κ1) is 18.4. The van der Waals surface area contributed by atoms with Crippen LogP contribution in [0.4, 0.5) is 0 Å². The highest BCUT2D eigenvalue weighted by Crippen LogP contribution is 2.35. The molecule has 4 nitrogen and oxygen atoms in total. The fourth-order valence-electron chi connectivity index (χ4n) is 4.02. The standard InChI is InChI=1S/C22H26N2O2S/c1-13-8-10-16(11-9-13)19-15(3)27-22-20(19)21(25)23-18(24-22)12-26-17-7-5-4-6-14(17)2/h8-11,14,17H,4-7,12H2,1-3H3,(H,23,24,25). The van der Waals surface area contributed by atoms with Gasteiger partial charge in [0.1, 0.15) is 17.3 Å². The van der Waals surface area contributed by atoms with Crippen LogP contribution < -0.4 is 5.56 Å². The second-order valence-corrected chi connectivity index (χ2v) is 8.91. The van der Waals surface area contributed by atoms with E-state index in [0.717, 1.165) is 27.3 Å². The van der Waals surface area contributed by atoms with Crippen LogP contribution in [-0.2, 0) is 11.3 Å². The SMILES string of the molecule is Cc1ccc(-c2c(C)sc3nc(COC4CCCCC4C)[nH]c(=O)c23)cc1. The highest BCUT2D eigenvalue weighted by atomic mass is 32.1. The van der Waals surface area contributed by atoms with Crippen molar-refractivity contribution < 1.29 is 4.74 Å². The van der Waals surface area contributed by atoms with Gasteiger partial charge in [0.05, 0.1) is 11.5 Å². The molecule has 4 rings (SSSR count). The lowest BCUT2D eigenvalue weighted by atomic mass is 9.88. The fourth-order valence-corrected chi connectivity index (χ4v) is 5.08. The molecule has 0 aliphatic heterocycles. The minimum Gasteiger partial charge on any atom is -0.370 e. The number of nitrogens with zero attached hydrogens (tertiary/aromatic N) is 1. The second-order valence-electron chi connectivity index (χ2n) is 7.70. The Balaban J connectivity index is 1.65. The van der Waals surface area contributed by atoms with E-state index in [0.29, 0.717) is 23.7 Å². The number of benzene rings is 1. The maximum absolute atomic E-state index is 12.8. The number of hydrogen-bond acceptors (Lipinski definition) is 4. The molecule has 0 bridgehead atoms. The quantitative estimate of drug-likeness (QED) is 0.660. The van der Waals surface area contributed by atoms with Crippen LogP contribution in [0, 0.1) is 19.8 Å². The number of nitrogens with one attached hydrogen (secondary N) is 1. The molecule has 3 aromatic rings. The van der Waals surface area contributed by atoms with Crippen molar-refractivity contribution in [3.8, 4) is 11.1 Å². The smallest absolute Gasteiger partial charge is 0.260 e. The van der Waals surface area contributed by atoms with Gasteiger partial charge in [-0.1, -0.05) is 49.6 Å². The normalized spacial score (nSPS) is 20.3. The lowest BCUT2D eigenvalue weighted by molar-refractivity contribution is -0.0181. The highest BCUT2D eigenvalue weighted by molar-refractivity contribution is 7.19. The summed E-state index contributed by atoms with van der Waals surface area (Å²) in [5.41, 5.74) is 3.20. The monoisotopic (exact) mass is 382 g/mol. The van der Waals surface area contributed by atoms with Crippen LogP contribution in [0.1, 0.15) is 48.9 Å². The van der Waals surface area contributed by atoms with Gasteiger partial charge in [-0.15, -0.1) is 11.3 Å². The molecule has 0 spiro atoms. The van der Waals surface area contributed by atoms with E-state index in [4.69, 9.17) is 9.72 Å². The zero-order valence-corrected chi connectivity index (χ0v) is 17.0. The molecular formula is C22H26N2O2S. The summed E-state index contributed by atoms with van der Waals surface area (Å²) < 4.78 is 6.09. The first-order valence-electron chi connectivity index (χ1n) is 9.74. The van der Waals surface area contributed by atoms with Gasteiger partial charge in [-0.2, -0.15) is 0 Å². The summed E-state index contributed by atoms with van der Waals surface area (Å²) in [6.07, 6.45) is 5.11. The Labute approximate surface area is 163 Å². The fraction of sp³-hybridized carbons (Fsp3) is 0.455. The van der Waals surface area contributed by atoms with E-state index in [1.54, 1.807) is 11.3 Å². The predicted octanol–water partition coefficient (Wildman–Crippen LogP) is 5.36. The van der Waals surface area contributed by atoms with Crippen LogP contribution in [0.2, 0.25) is 0 Å². The van der Waals surface area contributed by atoms with Gasteiger partial charge in [0.2, 0.25) is 0 Å². The molecule has 2 aromatic heterocycles. The number of ether oxygens (including phenoxy) is 1. The molecular weight excluding hydrogens is 356 g/mol. The summed E-state index contributed by atoms with van der Waals surface area (Å²) in [5, 5.41) is 0.691. The number of hydrogen-bond donors (Lipinski definition) is 1. The number of aromatic nitrogens is 2. The van der Waals surface area contributed by atoms with Gasteiger partial charge in [-0.05, 0) is 38.2 Å². The lowest BCUT2D eigenvalue weighted by Crippen LogP contribution is -2.26. The topological polar surface area (TPSA) is 55.0 Å². The molecule has 1 fully saturated rings. The predicted molar refractivity (Wildman–Crippen MR) is 111 cm³/mol. The first-order chi connectivity index (χ1) is 13.0. The number of thiophene rings is 1. The zero-order chi connectivity index (χ0) is 19.0. The van der Waals surface area contributed by atoms with Gasteiger partial charge >= 0.3 is 0 Å². The van der Waals surface area contributed by atoms with Gasteiger partial charge in [0, 0.05) is 10.4 Å². The summed E-state index contributed by atoms with van der Waals surface area (Å²) in [6, 6.07) is 8.30. The van der Waals surface area contributed by atoms with E-state index < -0.39 is 0 Å². The Bertz CT molecular complexity index is 1000. The first-order valence-corrected chi connectivity index (χ1v) is 10.6. The van der Waals surface area contributed by atoms with Gasteiger partial charge in [0.25, 0.3) is 5.56 Å². The maximum atomic E-state index is 12.8. The van der Waals surface area contributed by atoms with E-state index in [9.17, 15) is 4.79 Å². The van der Waals surface area contributed by atoms with E-state index in [1.165, 1.54) is 24.8 Å². The maximum Gasteiger partial charge on any atom is 0.260 e. The Morgan fingerprint density at radius 1 is 1.19 bits per heavy atom. The van der Waals surface area contributed by atoms with Crippen LogP contribution in [0.5, 0.6) is 0 Å². The second kappa shape index (κ2) is 7.56. The molecule has 2 heterocycles. The highest BCUT2D eigenvalue weighted by Gasteiger charge is 2.22. The summed E-state index contributed by atoms with van der Waals surface area (Å²) in [5.74, 6) is 1.20. The number of H-pyrrole nitrogens is 1. The molecule has 1 N–H and O–H groups in total. The zero-order valence-electron chi connectivity index (χ0n) is 16.2. The molecule has 142 valence electrons. The molecule has 0 amide bonds. The van der Waals surface area contributed by atoms with Crippen molar-refractivity contribution in [2.24, 2.45) is 5.92 Å². The van der Waals surface area contributed by atoms with Crippen LogP contribution >= 0.6 is 11.3 Å². The Morgan fingerprint density at radius 3 is 2.67 bits per heavy atom. The number of rotatable bonds is 4. The average Bonchev–Trinajstić information content (AvgIpc) is 2.98. The summed E-state index contributed by atoms with van der Waals surface area (Å²) in [7, 11) is 0. The van der Waals surface area contributed by atoms with Crippen LogP contribution in [0.25, 0.3) is 21.3 Å². The van der Waals surface area contributed by atoms with Gasteiger partial charge < -0.3 is 9.72 Å². The molecule has 1 saturated carbocycles. The number of aryl methyl sites for hydroxylation is 2. The molecule has 0 saturated heterocycles. The third kappa shape index (κ3) is 3.71. The van der Waals surface area contributed by atoms with Crippen molar-refractivity contribution in [1.29, 1.82) is 0 Å². The average molecular weight is 383 g/mol. The van der Waals surface area contributed by atoms with Gasteiger partial charge in [-0.3, -0.25) is 4.79 Å². The summed E-state index contributed by atoms with van der Waals surface area (Å²) in [6.45, 7) is 6.74. The molecule has 0 radical (unpaired) electrons. The van der Waals surface area contributed by atoms with E-state index in [-0.39, 0.29) is 11.7 Å².